The van der Waals surface area contributed by atoms with Crippen LogP contribution in [0.25, 0.3) is 0 Å². The fraction of sp³-hybridized carbons (Fsp3) is 0.333. The van der Waals surface area contributed by atoms with Gasteiger partial charge in [0, 0.05) is 21.3 Å². The Bertz CT molecular complexity index is 277. The number of aldehydes is 1. The molecule has 0 aliphatic carbocycles. The summed E-state index contributed by atoms with van der Waals surface area (Å²) in [7, 11) is 4.25. The standard InChI is InChI=1S/C9H9NO2.C2H6O.CH4O/c11-6-9(10-7-12)8-4-2-1-3-5-8;1-3-2;1-2/h1-7,9H,(H,10,12);1-2H3;2H,1H3. The Morgan fingerprint density at radius 1 is 1.18 bits per heavy atom. The number of aliphatic hydroxyl groups excluding tert-OH is 1. The molecule has 0 saturated carbocycles. The van der Waals surface area contributed by atoms with E-state index in [9.17, 15) is 9.59 Å². The molecule has 96 valence electrons. The van der Waals surface area contributed by atoms with Gasteiger partial charge in [-0.05, 0) is 5.56 Å². The van der Waals surface area contributed by atoms with Crippen molar-refractivity contribution in [2.45, 2.75) is 6.04 Å². The topological polar surface area (TPSA) is 75.6 Å². The average Bonchev–Trinajstić information content (AvgIpc) is 2.40. The van der Waals surface area contributed by atoms with E-state index in [0.29, 0.717) is 12.7 Å². The predicted molar refractivity (Wildman–Crippen MR) is 65.5 cm³/mol. The fourth-order valence-electron chi connectivity index (χ4n) is 0.948. The highest BCUT2D eigenvalue weighted by Gasteiger charge is 2.06. The molecule has 1 unspecified atom stereocenters. The fourth-order valence-corrected chi connectivity index (χ4v) is 0.948. The maximum Gasteiger partial charge on any atom is 0.207 e. The van der Waals surface area contributed by atoms with E-state index < -0.39 is 6.04 Å². The van der Waals surface area contributed by atoms with E-state index in [2.05, 4.69) is 10.1 Å². The lowest BCUT2D eigenvalue weighted by Crippen LogP contribution is -2.20. The number of methoxy groups -OCH3 is 1. The first kappa shape index (κ1) is 17.7. The second-order valence-corrected chi connectivity index (χ2v) is 2.72. The molecule has 0 spiro atoms. The van der Waals surface area contributed by atoms with Crippen molar-refractivity contribution in [1.29, 1.82) is 0 Å². The Morgan fingerprint density at radius 3 is 2.00 bits per heavy atom. The number of hydrogen-bond donors (Lipinski definition) is 2. The van der Waals surface area contributed by atoms with Crippen molar-refractivity contribution in [3.63, 3.8) is 0 Å². The van der Waals surface area contributed by atoms with E-state index in [1.165, 1.54) is 0 Å². The number of benzene rings is 1. The van der Waals surface area contributed by atoms with Crippen molar-refractivity contribution in [3.05, 3.63) is 35.9 Å². The Kier molecular flexibility index (Phi) is 14.8. The normalized spacial score (nSPS) is 9.65. The molecule has 1 rings (SSSR count). The second kappa shape index (κ2) is 14.3. The van der Waals surface area contributed by atoms with Gasteiger partial charge in [0.1, 0.15) is 12.3 Å². The summed E-state index contributed by atoms with van der Waals surface area (Å²) >= 11 is 0. The largest absolute Gasteiger partial charge is 0.400 e. The van der Waals surface area contributed by atoms with Crippen LogP contribution in [0.1, 0.15) is 11.6 Å². The van der Waals surface area contributed by atoms with Gasteiger partial charge in [-0.3, -0.25) is 4.79 Å². The third kappa shape index (κ3) is 9.22. The first-order chi connectivity index (χ1) is 8.29. The highest BCUT2D eigenvalue weighted by atomic mass is 16.4. The first-order valence-corrected chi connectivity index (χ1v) is 4.85. The van der Waals surface area contributed by atoms with Gasteiger partial charge in [-0.2, -0.15) is 0 Å². The van der Waals surface area contributed by atoms with Crippen molar-refractivity contribution in [2.75, 3.05) is 21.3 Å². The SMILES string of the molecule is CO.COC.O=CNC(C=O)c1ccccc1. The second-order valence-electron chi connectivity index (χ2n) is 2.72. The molecule has 1 aromatic carbocycles. The molecular formula is C12H19NO4. The van der Waals surface area contributed by atoms with Crippen LogP contribution in [-0.2, 0) is 14.3 Å². The number of rotatable bonds is 4. The summed E-state index contributed by atoms with van der Waals surface area (Å²) in [5.41, 5.74) is 0.791. The molecule has 1 atom stereocenters. The van der Waals surface area contributed by atoms with E-state index in [1.54, 1.807) is 26.4 Å². The van der Waals surface area contributed by atoms with Gasteiger partial charge < -0.3 is 20.0 Å². The molecule has 1 amide bonds. The van der Waals surface area contributed by atoms with Crippen LogP contribution in [0.5, 0.6) is 0 Å². The van der Waals surface area contributed by atoms with E-state index >= 15 is 0 Å². The van der Waals surface area contributed by atoms with Crippen LogP contribution in [0.3, 0.4) is 0 Å². The van der Waals surface area contributed by atoms with Gasteiger partial charge in [0.25, 0.3) is 0 Å². The van der Waals surface area contributed by atoms with Gasteiger partial charge in [0.2, 0.25) is 6.41 Å². The van der Waals surface area contributed by atoms with Crippen LogP contribution >= 0.6 is 0 Å². The summed E-state index contributed by atoms with van der Waals surface area (Å²) in [6, 6.07) is 8.54. The number of ether oxygens (including phenoxy) is 1. The summed E-state index contributed by atoms with van der Waals surface area (Å²) in [5.74, 6) is 0. The molecule has 0 bridgehead atoms. The summed E-state index contributed by atoms with van der Waals surface area (Å²) in [5, 5.41) is 9.40. The molecule has 0 fully saturated rings. The average molecular weight is 241 g/mol. The maximum absolute atomic E-state index is 10.5. The number of hydrogen-bond acceptors (Lipinski definition) is 4. The first-order valence-electron chi connectivity index (χ1n) is 4.85. The van der Waals surface area contributed by atoms with Gasteiger partial charge >= 0.3 is 0 Å². The lowest BCUT2D eigenvalue weighted by molar-refractivity contribution is -0.115. The Morgan fingerprint density at radius 2 is 1.65 bits per heavy atom. The summed E-state index contributed by atoms with van der Waals surface area (Å²) in [6.45, 7) is 0. The molecule has 0 heterocycles. The van der Waals surface area contributed by atoms with Crippen molar-refractivity contribution in [1.82, 2.24) is 5.32 Å². The molecule has 0 saturated heterocycles. The predicted octanol–water partition coefficient (Wildman–Crippen LogP) is 0.544. The molecule has 5 nitrogen and oxygen atoms in total. The number of nitrogens with one attached hydrogen (secondary N) is 1. The lowest BCUT2D eigenvalue weighted by atomic mass is 10.1. The summed E-state index contributed by atoms with van der Waals surface area (Å²) < 4.78 is 4.25. The van der Waals surface area contributed by atoms with Gasteiger partial charge in [-0.15, -0.1) is 0 Å². The van der Waals surface area contributed by atoms with Gasteiger partial charge in [0.15, 0.2) is 0 Å². The van der Waals surface area contributed by atoms with E-state index in [1.807, 2.05) is 18.2 Å². The molecule has 17 heavy (non-hydrogen) atoms. The van der Waals surface area contributed by atoms with Gasteiger partial charge in [-0.1, -0.05) is 30.3 Å². The van der Waals surface area contributed by atoms with Gasteiger partial charge in [0.05, 0.1) is 0 Å². The van der Waals surface area contributed by atoms with Crippen LogP contribution in [0.4, 0.5) is 0 Å². The van der Waals surface area contributed by atoms with Crippen LogP contribution in [0, 0.1) is 0 Å². The molecule has 0 radical (unpaired) electrons. The van der Waals surface area contributed by atoms with Crippen LogP contribution in [-0.4, -0.2) is 39.1 Å². The molecule has 0 aromatic heterocycles. The third-order valence-electron chi connectivity index (χ3n) is 1.54. The molecular weight excluding hydrogens is 222 g/mol. The number of carbonyl (C=O) groups is 2. The number of carbonyl (C=O) groups excluding carboxylic acids is 2. The lowest BCUT2D eigenvalue weighted by Gasteiger charge is -2.07. The Balaban J connectivity index is 0. The van der Waals surface area contributed by atoms with E-state index in [-0.39, 0.29) is 0 Å². The Hall–Kier alpha value is -1.72. The molecule has 2 N–H and O–H groups in total. The zero-order valence-electron chi connectivity index (χ0n) is 10.3. The minimum atomic E-state index is -0.524. The Labute approximate surface area is 101 Å². The zero-order valence-corrected chi connectivity index (χ0v) is 10.3. The van der Waals surface area contributed by atoms with Gasteiger partial charge in [-0.25, -0.2) is 0 Å². The molecule has 0 aliphatic heterocycles. The van der Waals surface area contributed by atoms with Crippen molar-refractivity contribution in [2.24, 2.45) is 0 Å². The van der Waals surface area contributed by atoms with Crippen LogP contribution in [0.15, 0.2) is 30.3 Å². The third-order valence-corrected chi connectivity index (χ3v) is 1.54. The summed E-state index contributed by atoms with van der Waals surface area (Å²) in [4.78, 5) is 20.6. The monoisotopic (exact) mass is 241 g/mol. The van der Waals surface area contributed by atoms with E-state index in [0.717, 1.165) is 12.7 Å². The van der Waals surface area contributed by atoms with E-state index in [4.69, 9.17) is 5.11 Å². The molecule has 0 aliphatic rings. The minimum absolute atomic E-state index is 0.520. The van der Waals surface area contributed by atoms with Crippen LogP contribution < -0.4 is 5.32 Å². The smallest absolute Gasteiger partial charge is 0.207 e. The van der Waals surface area contributed by atoms with Crippen molar-refractivity contribution in [3.8, 4) is 0 Å². The van der Waals surface area contributed by atoms with Crippen LogP contribution in [0.2, 0.25) is 0 Å². The quantitative estimate of drug-likeness (QED) is 0.755. The zero-order chi connectivity index (χ0) is 13.5. The maximum atomic E-state index is 10.5. The number of aliphatic hydroxyl groups is 1. The highest BCUT2D eigenvalue weighted by molar-refractivity contribution is 5.66. The molecule has 5 heteroatoms. The van der Waals surface area contributed by atoms with Crippen molar-refractivity contribution >= 4 is 12.7 Å². The minimum Gasteiger partial charge on any atom is -0.400 e. The number of amides is 1. The van der Waals surface area contributed by atoms with Crippen molar-refractivity contribution < 1.29 is 19.4 Å². The highest BCUT2D eigenvalue weighted by Crippen LogP contribution is 2.08. The molecule has 1 aromatic rings. The summed E-state index contributed by atoms with van der Waals surface area (Å²) in [6.07, 6.45) is 1.22.